The van der Waals surface area contributed by atoms with Crippen LogP contribution in [0.4, 0.5) is 4.39 Å². The number of carbonyl (C=O) groups is 1. The molecule has 21 heavy (non-hydrogen) atoms. The zero-order valence-corrected chi connectivity index (χ0v) is 13.0. The van der Waals surface area contributed by atoms with Crippen molar-refractivity contribution in [1.82, 2.24) is 10.3 Å². The van der Waals surface area contributed by atoms with Gasteiger partial charge < -0.3 is 11.1 Å². The van der Waals surface area contributed by atoms with Crippen LogP contribution in [0.5, 0.6) is 0 Å². The quantitative estimate of drug-likeness (QED) is 0.889. The lowest BCUT2D eigenvalue weighted by Crippen LogP contribution is -2.34. The van der Waals surface area contributed by atoms with Crippen molar-refractivity contribution in [1.29, 1.82) is 0 Å². The van der Waals surface area contributed by atoms with Crippen molar-refractivity contribution < 1.29 is 9.18 Å². The van der Waals surface area contributed by atoms with Gasteiger partial charge in [0, 0.05) is 22.8 Å². The maximum atomic E-state index is 13.8. The average molecular weight is 352 g/mol. The monoisotopic (exact) mass is 351 g/mol. The van der Waals surface area contributed by atoms with Gasteiger partial charge in [0.15, 0.2) is 0 Å². The van der Waals surface area contributed by atoms with Gasteiger partial charge in [-0.2, -0.15) is 0 Å². The molecule has 0 spiro atoms. The minimum Gasteiger partial charge on any atom is -0.344 e. The molecule has 0 aliphatic carbocycles. The summed E-state index contributed by atoms with van der Waals surface area (Å²) in [4.78, 5) is 16.4. The van der Waals surface area contributed by atoms with Gasteiger partial charge in [-0.3, -0.25) is 9.78 Å². The van der Waals surface area contributed by atoms with Crippen LogP contribution in [0.3, 0.4) is 0 Å². The number of hydrogen-bond acceptors (Lipinski definition) is 3. The Kier molecular flexibility index (Phi) is 5.03. The summed E-state index contributed by atoms with van der Waals surface area (Å²) in [5.74, 6) is -0.725. The summed E-state index contributed by atoms with van der Waals surface area (Å²) in [5.41, 5.74) is 7.06. The van der Waals surface area contributed by atoms with Gasteiger partial charge in [0.25, 0.3) is 5.91 Å². The van der Waals surface area contributed by atoms with E-state index in [1.165, 1.54) is 6.07 Å². The largest absolute Gasteiger partial charge is 0.344 e. The Labute approximate surface area is 130 Å². The van der Waals surface area contributed by atoms with Gasteiger partial charge in [0.2, 0.25) is 0 Å². The SMILES string of the molecule is Cc1ncc(Br)cc1C(=O)NC(CN)c1ccccc1F. The molecule has 1 amide bonds. The van der Waals surface area contributed by atoms with Crippen molar-refractivity contribution in [2.24, 2.45) is 5.73 Å². The first-order valence-corrected chi connectivity index (χ1v) is 7.19. The molecule has 3 N–H and O–H groups in total. The minimum atomic E-state index is -0.586. The highest BCUT2D eigenvalue weighted by Gasteiger charge is 2.19. The number of pyridine rings is 1. The van der Waals surface area contributed by atoms with E-state index < -0.39 is 11.9 Å². The van der Waals surface area contributed by atoms with Crippen molar-refractivity contribution in [3.63, 3.8) is 0 Å². The van der Waals surface area contributed by atoms with E-state index in [1.807, 2.05) is 0 Å². The highest BCUT2D eigenvalue weighted by molar-refractivity contribution is 9.10. The lowest BCUT2D eigenvalue weighted by atomic mass is 10.1. The van der Waals surface area contributed by atoms with Crippen molar-refractivity contribution in [2.45, 2.75) is 13.0 Å². The van der Waals surface area contributed by atoms with Crippen LogP contribution >= 0.6 is 15.9 Å². The van der Waals surface area contributed by atoms with Crippen LogP contribution in [0.25, 0.3) is 0 Å². The molecule has 0 radical (unpaired) electrons. The molecule has 0 aliphatic rings. The molecule has 0 saturated carbocycles. The number of benzene rings is 1. The number of halogens is 2. The summed E-state index contributed by atoms with van der Waals surface area (Å²) in [6.45, 7) is 1.84. The summed E-state index contributed by atoms with van der Waals surface area (Å²) < 4.78 is 14.5. The van der Waals surface area contributed by atoms with Crippen molar-refractivity contribution >= 4 is 21.8 Å². The first-order chi connectivity index (χ1) is 10.0. The second-order valence-electron chi connectivity index (χ2n) is 4.57. The van der Waals surface area contributed by atoms with E-state index in [4.69, 9.17) is 5.73 Å². The van der Waals surface area contributed by atoms with Gasteiger partial charge in [0.1, 0.15) is 5.82 Å². The Morgan fingerprint density at radius 1 is 1.48 bits per heavy atom. The molecular weight excluding hydrogens is 337 g/mol. The predicted molar refractivity (Wildman–Crippen MR) is 82.3 cm³/mol. The van der Waals surface area contributed by atoms with Crippen LogP contribution in [0, 0.1) is 12.7 Å². The van der Waals surface area contributed by atoms with E-state index in [9.17, 15) is 9.18 Å². The van der Waals surface area contributed by atoms with Crippen molar-refractivity contribution in [3.05, 3.63) is 63.6 Å². The fourth-order valence-electron chi connectivity index (χ4n) is 1.99. The molecule has 1 aromatic carbocycles. The number of carbonyl (C=O) groups excluding carboxylic acids is 1. The van der Waals surface area contributed by atoms with Crippen LogP contribution in [-0.4, -0.2) is 17.4 Å². The molecule has 0 fully saturated rings. The van der Waals surface area contributed by atoms with Crippen molar-refractivity contribution in [2.75, 3.05) is 6.54 Å². The topological polar surface area (TPSA) is 68.0 Å². The summed E-state index contributed by atoms with van der Waals surface area (Å²) in [6.07, 6.45) is 1.61. The Morgan fingerprint density at radius 3 is 2.86 bits per heavy atom. The van der Waals surface area contributed by atoms with Crippen LogP contribution in [0.15, 0.2) is 41.0 Å². The molecule has 0 aliphatic heterocycles. The minimum absolute atomic E-state index is 0.104. The molecule has 1 heterocycles. The third kappa shape index (κ3) is 3.65. The molecule has 6 heteroatoms. The number of aryl methyl sites for hydroxylation is 1. The number of nitrogens with one attached hydrogen (secondary N) is 1. The number of amides is 1. The molecule has 0 bridgehead atoms. The molecule has 1 atom stereocenters. The maximum absolute atomic E-state index is 13.8. The molecule has 0 saturated heterocycles. The van der Waals surface area contributed by atoms with E-state index in [-0.39, 0.29) is 12.5 Å². The molecule has 1 unspecified atom stereocenters. The summed E-state index contributed by atoms with van der Waals surface area (Å²) in [5, 5.41) is 2.74. The molecule has 4 nitrogen and oxygen atoms in total. The second-order valence-corrected chi connectivity index (χ2v) is 5.49. The van der Waals surface area contributed by atoms with Gasteiger partial charge in [-0.15, -0.1) is 0 Å². The molecular formula is C15H15BrFN3O. The molecule has 2 rings (SSSR count). The number of nitrogens with two attached hydrogens (primary N) is 1. The number of rotatable bonds is 4. The van der Waals surface area contributed by atoms with Crippen LogP contribution < -0.4 is 11.1 Å². The lowest BCUT2D eigenvalue weighted by molar-refractivity contribution is 0.0936. The highest BCUT2D eigenvalue weighted by atomic mass is 79.9. The van der Waals surface area contributed by atoms with E-state index in [2.05, 4.69) is 26.2 Å². The van der Waals surface area contributed by atoms with Gasteiger partial charge in [-0.1, -0.05) is 18.2 Å². The smallest absolute Gasteiger partial charge is 0.253 e. The standard InChI is InChI=1S/C15H15BrFN3O/c1-9-12(6-10(16)8-19-9)15(21)20-14(7-18)11-4-2-3-5-13(11)17/h2-6,8,14H,7,18H2,1H3,(H,20,21). The summed E-state index contributed by atoms with van der Waals surface area (Å²) >= 11 is 3.28. The first-order valence-electron chi connectivity index (χ1n) is 6.40. The fraction of sp³-hybridized carbons (Fsp3) is 0.200. The predicted octanol–water partition coefficient (Wildman–Crippen LogP) is 2.72. The average Bonchev–Trinajstić information content (AvgIpc) is 2.48. The summed E-state index contributed by atoms with van der Waals surface area (Å²) in [6, 6.07) is 7.34. The Hall–Kier alpha value is -1.79. The summed E-state index contributed by atoms with van der Waals surface area (Å²) in [7, 11) is 0. The third-order valence-corrected chi connectivity index (χ3v) is 3.55. The highest BCUT2D eigenvalue weighted by Crippen LogP contribution is 2.18. The number of hydrogen-bond donors (Lipinski definition) is 2. The Morgan fingerprint density at radius 2 is 2.19 bits per heavy atom. The van der Waals surface area contributed by atoms with E-state index >= 15 is 0 Å². The molecule has 2 aromatic rings. The van der Waals surface area contributed by atoms with E-state index in [0.29, 0.717) is 21.3 Å². The van der Waals surface area contributed by atoms with Gasteiger partial charge in [-0.05, 0) is 35.0 Å². The maximum Gasteiger partial charge on any atom is 0.253 e. The molecule has 110 valence electrons. The van der Waals surface area contributed by atoms with Gasteiger partial charge in [-0.25, -0.2) is 4.39 Å². The third-order valence-electron chi connectivity index (χ3n) is 3.12. The first kappa shape index (κ1) is 15.6. The van der Waals surface area contributed by atoms with Gasteiger partial charge in [0.05, 0.1) is 17.3 Å². The fourth-order valence-corrected chi connectivity index (χ4v) is 2.33. The zero-order chi connectivity index (χ0) is 15.4. The zero-order valence-electron chi connectivity index (χ0n) is 11.4. The molecule has 1 aromatic heterocycles. The Balaban J connectivity index is 2.25. The van der Waals surface area contributed by atoms with Crippen LogP contribution in [0.1, 0.15) is 27.7 Å². The van der Waals surface area contributed by atoms with E-state index in [0.717, 1.165) is 0 Å². The lowest BCUT2D eigenvalue weighted by Gasteiger charge is -2.18. The van der Waals surface area contributed by atoms with Crippen LogP contribution in [0.2, 0.25) is 0 Å². The second kappa shape index (κ2) is 6.78. The number of nitrogens with zero attached hydrogens (tertiary/aromatic N) is 1. The van der Waals surface area contributed by atoms with E-state index in [1.54, 1.807) is 37.4 Å². The normalized spacial score (nSPS) is 12.0. The van der Waals surface area contributed by atoms with Crippen LogP contribution in [-0.2, 0) is 0 Å². The van der Waals surface area contributed by atoms with Gasteiger partial charge >= 0.3 is 0 Å². The van der Waals surface area contributed by atoms with Crippen molar-refractivity contribution in [3.8, 4) is 0 Å². The Bertz CT molecular complexity index is 663. The number of aromatic nitrogens is 1.